The topological polar surface area (TPSA) is 62.5 Å². The van der Waals surface area contributed by atoms with Gasteiger partial charge in [-0.05, 0) is 48.9 Å². The smallest absolute Gasteiger partial charge is 0.335 e. The Balaban J connectivity index is 1.61. The SMILES string of the molecule is O=C(O)c1ccc(Cl)c(-c2ccc(CNCCc3ccccc3)o2)c1. The van der Waals surface area contributed by atoms with Crippen LogP contribution >= 0.6 is 11.6 Å². The zero-order valence-corrected chi connectivity index (χ0v) is 14.3. The molecule has 0 saturated carbocycles. The fourth-order valence-corrected chi connectivity index (χ4v) is 2.76. The summed E-state index contributed by atoms with van der Waals surface area (Å²) >= 11 is 6.17. The van der Waals surface area contributed by atoms with Gasteiger partial charge in [-0.2, -0.15) is 0 Å². The Labute approximate surface area is 151 Å². The van der Waals surface area contributed by atoms with Crippen molar-refractivity contribution < 1.29 is 14.3 Å². The molecule has 0 unspecified atom stereocenters. The molecule has 1 heterocycles. The minimum atomic E-state index is -0.993. The van der Waals surface area contributed by atoms with Gasteiger partial charge in [0, 0.05) is 5.56 Å². The van der Waals surface area contributed by atoms with E-state index in [2.05, 4.69) is 17.4 Å². The molecule has 0 amide bonds. The first-order chi connectivity index (χ1) is 12.1. The van der Waals surface area contributed by atoms with Crippen LogP contribution in [0.2, 0.25) is 5.02 Å². The largest absolute Gasteiger partial charge is 0.478 e. The van der Waals surface area contributed by atoms with E-state index in [1.54, 1.807) is 12.1 Å². The van der Waals surface area contributed by atoms with Gasteiger partial charge in [0.25, 0.3) is 0 Å². The molecule has 0 aliphatic rings. The molecule has 1 aromatic heterocycles. The van der Waals surface area contributed by atoms with Crippen LogP contribution in [-0.4, -0.2) is 17.6 Å². The van der Waals surface area contributed by atoms with E-state index in [1.807, 2.05) is 24.3 Å². The van der Waals surface area contributed by atoms with Crippen LogP contribution in [0.5, 0.6) is 0 Å². The van der Waals surface area contributed by atoms with E-state index >= 15 is 0 Å². The first-order valence-corrected chi connectivity index (χ1v) is 8.38. The lowest BCUT2D eigenvalue weighted by atomic mass is 10.1. The Morgan fingerprint density at radius 1 is 1.08 bits per heavy atom. The minimum Gasteiger partial charge on any atom is -0.478 e. The molecule has 0 spiro atoms. The molecule has 0 aliphatic carbocycles. The highest BCUT2D eigenvalue weighted by atomic mass is 35.5. The van der Waals surface area contributed by atoms with Crippen molar-refractivity contribution in [1.29, 1.82) is 0 Å². The van der Waals surface area contributed by atoms with Crippen LogP contribution in [0.25, 0.3) is 11.3 Å². The van der Waals surface area contributed by atoms with Crippen LogP contribution in [0.3, 0.4) is 0 Å². The van der Waals surface area contributed by atoms with E-state index in [4.69, 9.17) is 21.1 Å². The maximum absolute atomic E-state index is 11.1. The molecule has 0 fully saturated rings. The van der Waals surface area contributed by atoms with Crippen LogP contribution in [0, 0.1) is 0 Å². The third-order valence-corrected chi connectivity index (χ3v) is 4.20. The van der Waals surface area contributed by atoms with Crippen LogP contribution in [0.15, 0.2) is 65.1 Å². The van der Waals surface area contributed by atoms with Crippen molar-refractivity contribution in [3.8, 4) is 11.3 Å². The first kappa shape index (κ1) is 17.3. The van der Waals surface area contributed by atoms with Gasteiger partial charge in [-0.3, -0.25) is 0 Å². The lowest BCUT2D eigenvalue weighted by Crippen LogP contribution is -2.16. The molecular weight excluding hydrogens is 338 g/mol. The molecule has 3 rings (SSSR count). The number of carboxylic acid groups (broad SMARTS) is 1. The van der Waals surface area contributed by atoms with Crippen molar-refractivity contribution in [1.82, 2.24) is 5.32 Å². The fraction of sp³-hybridized carbons (Fsp3) is 0.150. The van der Waals surface area contributed by atoms with Crippen molar-refractivity contribution >= 4 is 17.6 Å². The monoisotopic (exact) mass is 355 g/mol. The molecule has 128 valence electrons. The molecule has 3 aromatic rings. The van der Waals surface area contributed by atoms with E-state index in [0.29, 0.717) is 22.9 Å². The fourth-order valence-electron chi connectivity index (χ4n) is 2.55. The average molecular weight is 356 g/mol. The van der Waals surface area contributed by atoms with Gasteiger partial charge in [-0.1, -0.05) is 41.9 Å². The standard InChI is InChI=1S/C20H18ClNO3/c21-18-8-6-15(20(23)24)12-17(18)19-9-7-16(25-19)13-22-11-10-14-4-2-1-3-5-14/h1-9,12,22H,10-11,13H2,(H,23,24). The number of benzene rings is 2. The van der Waals surface area contributed by atoms with Gasteiger partial charge < -0.3 is 14.8 Å². The maximum atomic E-state index is 11.1. The number of nitrogens with one attached hydrogen (secondary N) is 1. The minimum absolute atomic E-state index is 0.179. The number of hydrogen-bond acceptors (Lipinski definition) is 3. The number of rotatable bonds is 7. The summed E-state index contributed by atoms with van der Waals surface area (Å²) in [5.74, 6) is 0.347. The number of halogens is 1. The van der Waals surface area contributed by atoms with Crippen molar-refractivity contribution in [3.63, 3.8) is 0 Å². The van der Waals surface area contributed by atoms with Crippen molar-refractivity contribution in [2.24, 2.45) is 0 Å². The molecule has 0 saturated heterocycles. The van der Waals surface area contributed by atoms with E-state index in [1.165, 1.54) is 17.7 Å². The highest BCUT2D eigenvalue weighted by Gasteiger charge is 2.12. The number of aromatic carboxylic acids is 1. The highest BCUT2D eigenvalue weighted by molar-refractivity contribution is 6.33. The van der Waals surface area contributed by atoms with Gasteiger partial charge in [0.05, 0.1) is 17.1 Å². The van der Waals surface area contributed by atoms with Crippen molar-refractivity contribution in [3.05, 3.63) is 82.6 Å². The Bertz CT molecular complexity index is 858. The normalized spacial score (nSPS) is 10.8. The van der Waals surface area contributed by atoms with E-state index < -0.39 is 5.97 Å². The predicted molar refractivity (Wildman–Crippen MR) is 98.0 cm³/mol. The number of hydrogen-bond donors (Lipinski definition) is 2. The van der Waals surface area contributed by atoms with Gasteiger partial charge >= 0.3 is 5.97 Å². The molecule has 2 aromatic carbocycles. The zero-order valence-electron chi connectivity index (χ0n) is 13.5. The summed E-state index contributed by atoms with van der Waals surface area (Å²) in [5, 5.41) is 12.9. The molecule has 0 bridgehead atoms. The molecule has 0 radical (unpaired) electrons. The molecule has 25 heavy (non-hydrogen) atoms. The summed E-state index contributed by atoms with van der Waals surface area (Å²) in [5.41, 5.74) is 2.04. The van der Waals surface area contributed by atoms with Crippen LogP contribution in [0.1, 0.15) is 21.7 Å². The molecule has 5 heteroatoms. The van der Waals surface area contributed by atoms with Gasteiger partial charge in [0.15, 0.2) is 0 Å². The Hall–Kier alpha value is -2.56. The van der Waals surface area contributed by atoms with Crippen molar-refractivity contribution in [2.45, 2.75) is 13.0 Å². The maximum Gasteiger partial charge on any atom is 0.335 e. The Morgan fingerprint density at radius 3 is 2.64 bits per heavy atom. The third kappa shape index (κ3) is 4.50. The summed E-state index contributed by atoms with van der Waals surface area (Å²) in [6, 6.07) is 18.5. The summed E-state index contributed by atoms with van der Waals surface area (Å²) < 4.78 is 5.80. The molecule has 0 aliphatic heterocycles. The van der Waals surface area contributed by atoms with Gasteiger partial charge in [-0.25, -0.2) is 4.79 Å². The number of carbonyl (C=O) groups is 1. The van der Waals surface area contributed by atoms with Gasteiger partial charge in [0.1, 0.15) is 11.5 Å². The predicted octanol–water partition coefficient (Wildman–Crippen LogP) is 4.63. The number of furan rings is 1. The van der Waals surface area contributed by atoms with Crippen molar-refractivity contribution in [2.75, 3.05) is 6.54 Å². The van der Waals surface area contributed by atoms with E-state index in [-0.39, 0.29) is 5.56 Å². The molecule has 4 nitrogen and oxygen atoms in total. The highest BCUT2D eigenvalue weighted by Crippen LogP contribution is 2.30. The second-order valence-electron chi connectivity index (χ2n) is 5.68. The lowest BCUT2D eigenvalue weighted by Gasteiger charge is -2.04. The zero-order chi connectivity index (χ0) is 17.6. The summed E-state index contributed by atoms with van der Waals surface area (Å²) in [7, 11) is 0. The second-order valence-corrected chi connectivity index (χ2v) is 6.09. The second kappa shape index (κ2) is 8.01. The third-order valence-electron chi connectivity index (χ3n) is 3.87. The van der Waals surface area contributed by atoms with E-state index in [0.717, 1.165) is 18.7 Å². The first-order valence-electron chi connectivity index (χ1n) is 8.00. The Morgan fingerprint density at radius 2 is 1.88 bits per heavy atom. The van der Waals surface area contributed by atoms with E-state index in [9.17, 15) is 4.79 Å². The quantitative estimate of drug-likeness (QED) is 0.606. The lowest BCUT2D eigenvalue weighted by molar-refractivity contribution is 0.0697. The van der Waals surface area contributed by atoms with Gasteiger partial charge in [0.2, 0.25) is 0 Å². The molecule has 2 N–H and O–H groups in total. The summed E-state index contributed by atoms with van der Waals surface area (Å²) in [6.07, 6.45) is 0.945. The van der Waals surface area contributed by atoms with Gasteiger partial charge in [-0.15, -0.1) is 0 Å². The number of carboxylic acids is 1. The average Bonchev–Trinajstić information content (AvgIpc) is 3.08. The Kier molecular flexibility index (Phi) is 5.53. The van der Waals surface area contributed by atoms with Crippen LogP contribution < -0.4 is 5.32 Å². The molecular formula is C20H18ClNO3. The van der Waals surface area contributed by atoms with Crippen LogP contribution in [-0.2, 0) is 13.0 Å². The van der Waals surface area contributed by atoms with Crippen LogP contribution in [0.4, 0.5) is 0 Å². The summed E-state index contributed by atoms with van der Waals surface area (Å²) in [6.45, 7) is 1.44. The summed E-state index contributed by atoms with van der Waals surface area (Å²) in [4.78, 5) is 11.1. The molecule has 0 atom stereocenters.